The maximum Gasteiger partial charge on any atom is 0.411 e. The Morgan fingerprint density at radius 1 is 1.12 bits per heavy atom. The van der Waals surface area contributed by atoms with Crippen LogP contribution in [0.1, 0.15) is 5.56 Å². The molecular weight excluding hydrogens is 237 g/mol. The average Bonchev–Trinajstić information content (AvgIpc) is 2.23. The van der Waals surface area contributed by atoms with E-state index in [-0.39, 0.29) is 6.61 Å². The second-order valence-corrected chi connectivity index (χ2v) is 4.31. The van der Waals surface area contributed by atoms with E-state index in [9.17, 15) is 13.2 Å². The highest BCUT2D eigenvalue weighted by Crippen LogP contribution is 2.15. The molecule has 0 aliphatic heterocycles. The van der Waals surface area contributed by atoms with Gasteiger partial charge in [-0.25, -0.2) is 0 Å². The number of ether oxygens (including phenoxy) is 1. The summed E-state index contributed by atoms with van der Waals surface area (Å²) in [4.78, 5) is 0. The van der Waals surface area contributed by atoms with Gasteiger partial charge >= 0.3 is 6.18 Å². The number of thioether (sulfide) groups is 1. The van der Waals surface area contributed by atoms with Crippen molar-refractivity contribution in [3.8, 4) is 0 Å². The van der Waals surface area contributed by atoms with Gasteiger partial charge in [0.05, 0.1) is 6.61 Å². The van der Waals surface area contributed by atoms with Crippen LogP contribution >= 0.6 is 11.8 Å². The van der Waals surface area contributed by atoms with Crippen LogP contribution < -0.4 is 0 Å². The summed E-state index contributed by atoms with van der Waals surface area (Å²) < 4.78 is 39.6. The molecule has 0 aliphatic carbocycles. The highest BCUT2D eigenvalue weighted by molar-refractivity contribution is 7.98. The fourth-order valence-corrected chi connectivity index (χ4v) is 1.88. The van der Waals surface area contributed by atoms with E-state index >= 15 is 0 Å². The van der Waals surface area contributed by atoms with Gasteiger partial charge in [-0.15, -0.1) is 0 Å². The highest BCUT2D eigenvalue weighted by atomic mass is 32.2. The molecule has 90 valence electrons. The minimum Gasteiger partial charge on any atom is -0.371 e. The summed E-state index contributed by atoms with van der Waals surface area (Å²) in [5.74, 6) is 1.38. The van der Waals surface area contributed by atoms with Crippen LogP contribution in [-0.4, -0.2) is 25.1 Å². The molecule has 5 heteroatoms. The number of rotatable bonds is 6. The van der Waals surface area contributed by atoms with Gasteiger partial charge in [0.15, 0.2) is 0 Å². The van der Waals surface area contributed by atoms with Crippen molar-refractivity contribution in [2.45, 2.75) is 11.9 Å². The Morgan fingerprint density at radius 3 is 2.44 bits per heavy atom. The van der Waals surface area contributed by atoms with Crippen molar-refractivity contribution in [2.24, 2.45) is 0 Å². The normalized spacial score (nSPS) is 11.7. The van der Waals surface area contributed by atoms with Gasteiger partial charge in [0.25, 0.3) is 0 Å². The smallest absolute Gasteiger partial charge is 0.371 e. The molecule has 16 heavy (non-hydrogen) atoms. The van der Waals surface area contributed by atoms with Gasteiger partial charge in [0.1, 0.15) is 6.61 Å². The maximum atomic E-state index is 11.7. The molecule has 0 spiro atoms. The Hall–Kier alpha value is -0.680. The van der Waals surface area contributed by atoms with Crippen LogP contribution in [0.4, 0.5) is 13.2 Å². The van der Waals surface area contributed by atoms with Gasteiger partial charge in [-0.3, -0.25) is 0 Å². The van der Waals surface area contributed by atoms with E-state index in [4.69, 9.17) is 0 Å². The van der Waals surface area contributed by atoms with Crippen molar-refractivity contribution in [1.29, 1.82) is 0 Å². The minimum absolute atomic E-state index is 0.136. The summed E-state index contributed by atoms with van der Waals surface area (Å²) >= 11 is 1.56. The van der Waals surface area contributed by atoms with Crippen LogP contribution in [0.25, 0.3) is 0 Å². The molecule has 0 saturated carbocycles. The number of halogens is 3. The lowest BCUT2D eigenvalue weighted by Crippen LogP contribution is -2.17. The fraction of sp³-hybridized carbons (Fsp3) is 0.455. The van der Waals surface area contributed by atoms with Crippen LogP contribution in [-0.2, 0) is 10.5 Å². The van der Waals surface area contributed by atoms with E-state index < -0.39 is 12.8 Å². The average molecular weight is 250 g/mol. The topological polar surface area (TPSA) is 9.23 Å². The molecule has 0 N–H and O–H groups in total. The van der Waals surface area contributed by atoms with Crippen LogP contribution in [0.15, 0.2) is 30.3 Å². The van der Waals surface area contributed by atoms with Gasteiger partial charge < -0.3 is 4.74 Å². The minimum atomic E-state index is -4.22. The van der Waals surface area contributed by atoms with Crippen molar-refractivity contribution >= 4 is 11.8 Å². The van der Waals surface area contributed by atoms with Crippen molar-refractivity contribution < 1.29 is 17.9 Å². The first-order valence-electron chi connectivity index (χ1n) is 4.84. The molecule has 0 radical (unpaired) electrons. The summed E-state index contributed by atoms with van der Waals surface area (Å²) in [5, 5.41) is 0. The van der Waals surface area contributed by atoms with E-state index in [0.29, 0.717) is 5.75 Å². The summed E-state index contributed by atoms with van der Waals surface area (Å²) in [6, 6.07) is 9.79. The molecule has 1 aromatic carbocycles. The number of hydrogen-bond acceptors (Lipinski definition) is 2. The van der Waals surface area contributed by atoms with E-state index in [1.807, 2.05) is 30.3 Å². The zero-order valence-corrected chi connectivity index (χ0v) is 9.48. The number of hydrogen-bond donors (Lipinski definition) is 0. The van der Waals surface area contributed by atoms with Crippen molar-refractivity contribution in [3.05, 3.63) is 35.9 Å². The fourth-order valence-electron chi connectivity index (χ4n) is 1.07. The lowest BCUT2D eigenvalue weighted by atomic mass is 10.2. The highest BCUT2D eigenvalue weighted by Gasteiger charge is 2.27. The molecule has 0 atom stereocenters. The van der Waals surface area contributed by atoms with E-state index in [1.165, 1.54) is 5.56 Å². The summed E-state index contributed by atoms with van der Waals surface area (Å²) in [7, 11) is 0. The second kappa shape index (κ2) is 6.81. The molecule has 1 nitrogen and oxygen atoms in total. The summed E-state index contributed by atoms with van der Waals surface area (Å²) in [6.45, 7) is -1.02. The third-order valence-corrected chi connectivity index (χ3v) is 2.74. The second-order valence-electron chi connectivity index (χ2n) is 3.21. The zero-order valence-electron chi connectivity index (χ0n) is 8.67. The van der Waals surface area contributed by atoms with Crippen molar-refractivity contribution in [2.75, 3.05) is 19.0 Å². The van der Waals surface area contributed by atoms with E-state index in [2.05, 4.69) is 4.74 Å². The molecule has 0 amide bonds. The molecule has 0 bridgehead atoms. The molecule has 1 aromatic rings. The van der Waals surface area contributed by atoms with Gasteiger partial charge in [-0.05, 0) is 5.56 Å². The standard InChI is InChI=1S/C11H13F3OS/c12-11(13,14)9-15-6-7-16-8-10-4-2-1-3-5-10/h1-5H,6-9H2. The Morgan fingerprint density at radius 2 is 1.81 bits per heavy atom. The van der Waals surface area contributed by atoms with E-state index in [0.717, 1.165) is 5.75 Å². The molecule has 0 fully saturated rings. The Balaban J connectivity index is 2.01. The Labute approximate surface area is 97.0 Å². The Kier molecular flexibility index (Phi) is 5.69. The lowest BCUT2D eigenvalue weighted by molar-refractivity contribution is -0.172. The molecule has 1 rings (SSSR count). The Bertz CT molecular complexity index is 287. The first kappa shape index (κ1) is 13.4. The predicted molar refractivity (Wildman–Crippen MR) is 59.5 cm³/mol. The lowest BCUT2D eigenvalue weighted by Gasteiger charge is -2.07. The summed E-state index contributed by atoms with van der Waals surface area (Å²) in [5.41, 5.74) is 1.17. The van der Waals surface area contributed by atoms with Gasteiger partial charge in [-0.2, -0.15) is 24.9 Å². The van der Waals surface area contributed by atoms with Crippen LogP contribution in [0.2, 0.25) is 0 Å². The molecular formula is C11H13F3OS. The van der Waals surface area contributed by atoms with Crippen LogP contribution in [0.5, 0.6) is 0 Å². The van der Waals surface area contributed by atoms with Gasteiger partial charge in [0.2, 0.25) is 0 Å². The SMILES string of the molecule is FC(F)(F)COCCSCc1ccccc1. The third-order valence-electron chi connectivity index (χ3n) is 1.75. The van der Waals surface area contributed by atoms with Crippen molar-refractivity contribution in [1.82, 2.24) is 0 Å². The largest absolute Gasteiger partial charge is 0.411 e. The monoisotopic (exact) mass is 250 g/mol. The van der Waals surface area contributed by atoms with E-state index in [1.54, 1.807) is 11.8 Å². The van der Waals surface area contributed by atoms with Crippen LogP contribution in [0.3, 0.4) is 0 Å². The zero-order chi connectivity index (χ0) is 11.9. The maximum absolute atomic E-state index is 11.7. The predicted octanol–water partition coefficient (Wildman–Crippen LogP) is 3.50. The molecule has 0 unspecified atom stereocenters. The summed E-state index contributed by atoms with van der Waals surface area (Å²) in [6.07, 6.45) is -4.22. The number of alkyl halides is 3. The molecule has 0 heterocycles. The molecule has 0 aromatic heterocycles. The third kappa shape index (κ3) is 6.74. The quantitative estimate of drug-likeness (QED) is 0.715. The first-order valence-corrected chi connectivity index (χ1v) is 5.99. The van der Waals surface area contributed by atoms with Gasteiger partial charge in [-0.1, -0.05) is 30.3 Å². The van der Waals surface area contributed by atoms with Crippen molar-refractivity contribution in [3.63, 3.8) is 0 Å². The molecule has 0 aliphatic rings. The first-order chi connectivity index (χ1) is 7.58. The van der Waals surface area contributed by atoms with Crippen LogP contribution in [0, 0.1) is 0 Å². The molecule has 0 saturated heterocycles. The van der Waals surface area contributed by atoms with Gasteiger partial charge in [0, 0.05) is 11.5 Å². The number of benzene rings is 1.